The van der Waals surface area contributed by atoms with Gasteiger partial charge in [-0.3, -0.25) is 0 Å². The van der Waals surface area contributed by atoms with Crippen LogP contribution in [-0.2, 0) is 5.60 Å². The summed E-state index contributed by atoms with van der Waals surface area (Å²) in [4.78, 5) is 0. The highest BCUT2D eigenvalue weighted by molar-refractivity contribution is 8.00. The lowest BCUT2D eigenvalue weighted by atomic mass is 9.87. The van der Waals surface area contributed by atoms with Crippen molar-refractivity contribution in [2.24, 2.45) is 0 Å². The largest absolute Gasteiger partial charge is 0.384 e. The van der Waals surface area contributed by atoms with Crippen molar-refractivity contribution in [1.29, 1.82) is 0 Å². The molecule has 2 unspecified atom stereocenters. The van der Waals surface area contributed by atoms with Gasteiger partial charge in [-0.15, -0.1) is 0 Å². The number of fused-ring (bicyclic) bond motifs is 1. The summed E-state index contributed by atoms with van der Waals surface area (Å²) < 4.78 is 0. The van der Waals surface area contributed by atoms with Crippen LogP contribution in [0, 0.1) is 0 Å². The number of hydrogen-bond donors (Lipinski definition) is 1. The number of aliphatic hydroxyl groups is 1. The molecule has 1 fully saturated rings. The van der Waals surface area contributed by atoms with Crippen LogP contribution in [0.3, 0.4) is 0 Å². The van der Waals surface area contributed by atoms with Gasteiger partial charge in [-0.25, -0.2) is 0 Å². The fourth-order valence-electron chi connectivity index (χ4n) is 2.69. The topological polar surface area (TPSA) is 20.2 Å². The summed E-state index contributed by atoms with van der Waals surface area (Å²) in [6, 6.07) is 14.5. The lowest BCUT2D eigenvalue weighted by Gasteiger charge is -2.24. The minimum atomic E-state index is -0.648. The van der Waals surface area contributed by atoms with E-state index in [9.17, 15) is 5.11 Å². The molecule has 1 saturated heterocycles. The maximum atomic E-state index is 10.8. The molecule has 1 nitrogen and oxygen atoms in total. The van der Waals surface area contributed by atoms with Gasteiger partial charge in [-0.05, 0) is 22.8 Å². The molecule has 0 aromatic heterocycles. The lowest BCUT2D eigenvalue weighted by Crippen LogP contribution is -2.25. The fourth-order valence-corrected chi connectivity index (χ4v) is 3.92. The predicted octanol–water partition coefficient (Wildman–Crippen LogP) is 3.55. The summed E-state index contributed by atoms with van der Waals surface area (Å²) in [5.41, 5.74) is 0.442. The molecule has 0 radical (unpaired) electrons. The monoisotopic (exact) mass is 244 g/mol. The van der Waals surface area contributed by atoms with Crippen molar-refractivity contribution in [3.05, 3.63) is 48.0 Å². The van der Waals surface area contributed by atoms with Gasteiger partial charge >= 0.3 is 0 Å². The van der Waals surface area contributed by atoms with E-state index in [1.54, 1.807) is 0 Å². The van der Waals surface area contributed by atoms with Crippen molar-refractivity contribution in [3.8, 4) is 0 Å². The molecule has 0 spiro atoms. The van der Waals surface area contributed by atoms with E-state index in [2.05, 4.69) is 31.2 Å². The SMILES string of the molecule is CC1CC(O)(c2cccc3ccccc23)CS1. The van der Waals surface area contributed by atoms with Gasteiger partial charge in [0.25, 0.3) is 0 Å². The van der Waals surface area contributed by atoms with E-state index >= 15 is 0 Å². The number of benzene rings is 2. The van der Waals surface area contributed by atoms with E-state index in [0.29, 0.717) is 5.25 Å². The van der Waals surface area contributed by atoms with Crippen molar-refractivity contribution >= 4 is 22.5 Å². The third kappa shape index (κ3) is 1.85. The van der Waals surface area contributed by atoms with Gasteiger partial charge in [0, 0.05) is 11.0 Å². The molecule has 17 heavy (non-hydrogen) atoms. The molecule has 1 aliphatic heterocycles. The van der Waals surface area contributed by atoms with Crippen LogP contribution in [0.15, 0.2) is 42.5 Å². The minimum absolute atomic E-state index is 0.541. The molecule has 0 saturated carbocycles. The number of rotatable bonds is 1. The minimum Gasteiger partial charge on any atom is -0.384 e. The second-order valence-electron chi connectivity index (χ2n) is 4.88. The van der Waals surface area contributed by atoms with Gasteiger partial charge in [0.2, 0.25) is 0 Å². The van der Waals surface area contributed by atoms with Crippen LogP contribution in [0.2, 0.25) is 0 Å². The van der Waals surface area contributed by atoms with Crippen molar-refractivity contribution in [3.63, 3.8) is 0 Å². The second-order valence-corrected chi connectivity index (χ2v) is 6.31. The lowest BCUT2D eigenvalue weighted by molar-refractivity contribution is 0.0628. The predicted molar refractivity (Wildman–Crippen MR) is 74.4 cm³/mol. The Labute approximate surface area is 106 Å². The molecule has 3 rings (SSSR count). The molecular formula is C15H16OS. The molecule has 1 heterocycles. The van der Waals surface area contributed by atoms with Crippen LogP contribution in [0.5, 0.6) is 0 Å². The third-order valence-corrected chi connectivity index (χ3v) is 4.90. The Morgan fingerprint density at radius 1 is 1.18 bits per heavy atom. The highest BCUT2D eigenvalue weighted by Gasteiger charge is 2.38. The van der Waals surface area contributed by atoms with Gasteiger partial charge < -0.3 is 5.11 Å². The Morgan fingerprint density at radius 3 is 2.71 bits per heavy atom. The van der Waals surface area contributed by atoms with E-state index in [0.717, 1.165) is 17.7 Å². The van der Waals surface area contributed by atoms with E-state index in [-0.39, 0.29) is 0 Å². The van der Waals surface area contributed by atoms with Gasteiger partial charge in [0.15, 0.2) is 0 Å². The summed E-state index contributed by atoms with van der Waals surface area (Å²) in [5, 5.41) is 13.7. The zero-order chi connectivity index (χ0) is 11.9. The van der Waals surface area contributed by atoms with Crippen molar-refractivity contribution in [1.82, 2.24) is 0 Å². The summed E-state index contributed by atoms with van der Waals surface area (Å²) in [6.07, 6.45) is 0.853. The Hall–Kier alpha value is -0.990. The van der Waals surface area contributed by atoms with Crippen LogP contribution in [-0.4, -0.2) is 16.1 Å². The van der Waals surface area contributed by atoms with Crippen LogP contribution >= 0.6 is 11.8 Å². The normalized spacial score (nSPS) is 28.7. The van der Waals surface area contributed by atoms with Crippen molar-refractivity contribution in [2.45, 2.75) is 24.2 Å². The zero-order valence-corrected chi connectivity index (χ0v) is 10.7. The van der Waals surface area contributed by atoms with E-state index in [1.165, 1.54) is 10.8 Å². The molecule has 88 valence electrons. The average molecular weight is 244 g/mol. The zero-order valence-electron chi connectivity index (χ0n) is 9.89. The number of hydrogen-bond acceptors (Lipinski definition) is 2. The molecule has 2 aromatic carbocycles. The van der Waals surface area contributed by atoms with E-state index in [1.807, 2.05) is 30.0 Å². The Bertz CT molecular complexity index is 546. The first-order valence-corrected chi connectivity index (χ1v) is 7.06. The molecule has 1 N–H and O–H groups in total. The van der Waals surface area contributed by atoms with Gasteiger partial charge in [0.05, 0.1) is 0 Å². The van der Waals surface area contributed by atoms with Crippen LogP contribution in [0.1, 0.15) is 18.9 Å². The Balaban J connectivity index is 2.17. The van der Waals surface area contributed by atoms with Gasteiger partial charge in [-0.1, -0.05) is 49.4 Å². The summed E-state index contributed by atoms with van der Waals surface area (Å²) in [5.74, 6) is 0.808. The summed E-state index contributed by atoms with van der Waals surface area (Å²) >= 11 is 1.86. The van der Waals surface area contributed by atoms with Crippen molar-refractivity contribution < 1.29 is 5.11 Å². The highest BCUT2D eigenvalue weighted by Crippen LogP contribution is 2.43. The standard InChI is InChI=1S/C15H16OS/c1-11-9-15(16,10-17-11)14-8-4-6-12-5-2-3-7-13(12)14/h2-8,11,16H,9-10H2,1H3. The maximum Gasteiger partial charge on any atom is 0.100 e. The average Bonchev–Trinajstić information content (AvgIpc) is 2.70. The molecule has 0 amide bonds. The van der Waals surface area contributed by atoms with E-state index in [4.69, 9.17) is 0 Å². The molecule has 1 aliphatic rings. The fraction of sp³-hybridized carbons (Fsp3) is 0.333. The van der Waals surface area contributed by atoms with Crippen LogP contribution in [0.4, 0.5) is 0 Å². The first-order chi connectivity index (χ1) is 8.19. The first kappa shape index (κ1) is 11.1. The maximum absolute atomic E-state index is 10.8. The molecular weight excluding hydrogens is 228 g/mol. The van der Waals surface area contributed by atoms with Gasteiger partial charge in [-0.2, -0.15) is 11.8 Å². The molecule has 2 aromatic rings. The quantitative estimate of drug-likeness (QED) is 0.828. The second kappa shape index (κ2) is 4.04. The Kier molecular flexibility index (Phi) is 2.64. The van der Waals surface area contributed by atoms with Gasteiger partial charge in [0.1, 0.15) is 5.60 Å². The first-order valence-electron chi connectivity index (χ1n) is 6.01. The third-order valence-electron chi connectivity index (χ3n) is 3.52. The smallest absolute Gasteiger partial charge is 0.100 e. The van der Waals surface area contributed by atoms with Crippen molar-refractivity contribution in [2.75, 3.05) is 5.75 Å². The Morgan fingerprint density at radius 2 is 1.94 bits per heavy atom. The van der Waals surface area contributed by atoms with Crippen LogP contribution < -0.4 is 0 Å². The molecule has 0 bridgehead atoms. The molecule has 0 aliphatic carbocycles. The molecule has 2 atom stereocenters. The van der Waals surface area contributed by atoms with E-state index < -0.39 is 5.60 Å². The summed E-state index contributed by atoms with van der Waals surface area (Å²) in [7, 11) is 0. The highest BCUT2D eigenvalue weighted by atomic mass is 32.2. The summed E-state index contributed by atoms with van der Waals surface area (Å²) in [6.45, 7) is 2.19. The van der Waals surface area contributed by atoms with Crippen LogP contribution in [0.25, 0.3) is 10.8 Å². The number of thioether (sulfide) groups is 1. The molecule has 2 heteroatoms.